The van der Waals surface area contributed by atoms with Gasteiger partial charge in [0.2, 0.25) is 0 Å². The number of ether oxygens (including phenoxy) is 1. The number of hydrogen-bond donors (Lipinski definition) is 2. The SMILES string of the molecule is Bc1csc(CNC2CCN(CCn3c(/C=C(\C=C)OC)c(N)ccc3=O)CC2)c1. The largest absolute Gasteiger partial charge is 0.497 e. The maximum absolute atomic E-state index is 12.5. The number of allylic oxidation sites excluding steroid dienone is 1. The highest BCUT2D eigenvalue weighted by Gasteiger charge is 2.19. The molecule has 3 rings (SSSR count). The van der Waals surface area contributed by atoms with Crippen LogP contribution < -0.4 is 22.1 Å². The summed E-state index contributed by atoms with van der Waals surface area (Å²) in [5, 5.41) is 5.89. The van der Waals surface area contributed by atoms with Crippen LogP contribution in [0.4, 0.5) is 5.69 Å². The molecule has 0 bridgehead atoms. The van der Waals surface area contributed by atoms with Gasteiger partial charge in [-0.2, -0.15) is 0 Å². The van der Waals surface area contributed by atoms with Crippen molar-refractivity contribution in [1.29, 1.82) is 0 Å². The van der Waals surface area contributed by atoms with Crippen molar-refractivity contribution in [3.05, 3.63) is 62.9 Å². The highest BCUT2D eigenvalue weighted by Crippen LogP contribution is 2.16. The number of hydrogen-bond acceptors (Lipinski definition) is 6. The van der Waals surface area contributed by atoms with Crippen LogP contribution in [0.2, 0.25) is 0 Å². The van der Waals surface area contributed by atoms with E-state index < -0.39 is 0 Å². The molecule has 30 heavy (non-hydrogen) atoms. The number of pyridine rings is 1. The molecule has 1 aliphatic rings. The van der Waals surface area contributed by atoms with E-state index in [9.17, 15) is 4.79 Å². The first-order valence-corrected chi connectivity index (χ1v) is 11.3. The number of nitrogens with zero attached hydrogens (tertiary/aromatic N) is 2. The summed E-state index contributed by atoms with van der Waals surface area (Å²) in [6.07, 6.45) is 5.61. The summed E-state index contributed by atoms with van der Waals surface area (Å²) < 4.78 is 6.99. The van der Waals surface area contributed by atoms with E-state index >= 15 is 0 Å². The summed E-state index contributed by atoms with van der Waals surface area (Å²) in [5.41, 5.74) is 8.64. The standard InChI is InChI=1S/C22H31BN4O2S/c1-3-18(29-2)13-21-20(24)4-5-22(28)27(21)11-10-26-8-6-17(7-9-26)25-14-19-12-16(23)15-30-19/h3-5,12-13,15,17,25H,1,6-11,14,23-24H2,2H3/b18-13+. The quantitative estimate of drug-likeness (QED) is 0.358. The second-order valence-electron chi connectivity index (χ2n) is 7.71. The van der Waals surface area contributed by atoms with Crippen molar-refractivity contribution in [2.75, 3.05) is 32.5 Å². The third-order valence-corrected chi connectivity index (χ3v) is 6.61. The van der Waals surface area contributed by atoms with Gasteiger partial charge in [0.1, 0.15) is 13.6 Å². The number of likely N-dealkylation sites (tertiary alicyclic amines) is 1. The number of aromatic nitrogens is 1. The Morgan fingerprint density at radius 3 is 2.80 bits per heavy atom. The number of anilines is 1. The van der Waals surface area contributed by atoms with Crippen LogP contribution in [-0.2, 0) is 17.8 Å². The molecule has 0 spiro atoms. The number of nitrogens with one attached hydrogen (secondary N) is 1. The smallest absolute Gasteiger partial charge is 0.251 e. The lowest BCUT2D eigenvalue weighted by atomic mass is 10.0. The molecule has 0 atom stereocenters. The predicted octanol–water partition coefficient (Wildman–Crippen LogP) is 1.18. The fourth-order valence-electron chi connectivity index (χ4n) is 3.77. The van der Waals surface area contributed by atoms with Crippen molar-refractivity contribution in [3.8, 4) is 0 Å². The van der Waals surface area contributed by atoms with Gasteiger partial charge in [-0.05, 0) is 43.5 Å². The maximum Gasteiger partial charge on any atom is 0.251 e. The number of nitrogens with two attached hydrogens (primary N) is 1. The van der Waals surface area contributed by atoms with Crippen LogP contribution >= 0.6 is 11.3 Å². The first-order valence-electron chi connectivity index (χ1n) is 10.4. The van der Waals surface area contributed by atoms with Gasteiger partial charge in [0.05, 0.1) is 18.5 Å². The van der Waals surface area contributed by atoms with Crippen LogP contribution in [0.15, 0.2) is 46.8 Å². The third kappa shape index (κ3) is 5.87. The fraction of sp³-hybridized carbons (Fsp3) is 0.409. The number of thiophene rings is 1. The van der Waals surface area contributed by atoms with Crippen molar-refractivity contribution in [2.45, 2.75) is 32.0 Å². The molecule has 0 radical (unpaired) electrons. The van der Waals surface area contributed by atoms with Gasteiger partial charge < -0.3 is 25.3 Å². The van der Waals surface area contributed by atoms with Crippen molar-refractivity contribution < 1.29 is 4.74 Å². The molecule has 8 heteroatoms. The molecule has 0 amide bonds. The lowest BCUT2D eigenvalue weighted by Crippen LogP contribution is -2.43. The molecule has 3 heterocycles. The molecule has 6 nitrogen and oxygen atoms in total. The van der Waals surface area contributed by atoms with Crippen LogP contribution in [0.25, 0.3) is 6.08 Å². The maximum atomic E-state index is 12.5. The van der Waals surface area contributed by atoms with Gasteiger partial charge in [-0.3, -0.25) is 4.79 Å². The monoisotopic (exact) mass is 426 g/mol. The molecular formula is C22H31BN4O2S. The van der Waals surface area contributed by atoms with Crippen LogP contribution in [0.1, 0.15) is 23.4 Å². The highest BCUT2D eigenvalue weighted by atomic mass is 32.1. The zero-order valence-electron chi connectivity index (χ0n) is 17.9. The molecule has 2 aromatic heterocycles. The van der Waals surface area contributed by atoms with Gasteiger partial charge in [-0.25, -0.2) is 0 Å². The second-order valence-corrected chi connectivity index (χ2v) is 8.70. The van der Waals surface area contributed by atoms with Gasteiger partial charge in [0.25, 0.3) is 5.56 Å². The average Bonchev–Trinajstić information content (AvgIpc) is 3.18. The molecule has 0 aliphatic carbocycles. The predicted molar refractivity (Wildman–Crippen MR) is 129 cm³/mol. The number of methoxy groups -OCH3 is 1. The minimum atomic E-state index is -0.0576. The third-order valence-electron chi connectivity index (χ3n) is 5.55. The van der Waals surface area contributed by atoms with Gasteiger partial charge in [-0.1, -0.05) is 18.1 Å². The molecule has 2 aromatic rings. The molecule has 0 unspecified atom stereocenters. The first kappa shape index (κ1) is 22.4. The summed E-state index contributed by atoms with van der Waals surface area (Å²) in [7, 11) is 3.71. The van der Waals surface area contributed by atoms with Gasteiger partial charge >= 0.3 is 0 Å². The van der Waals surface area contributed by atoms with Crippen LogP contribution in [0.3, 0.4) is 0 Å². The highest BCUT2D eigenvalue weighted by molar-refractivity contribution is 7.10. The lowest BCUT2D eigenvalue weighted by Gasteiger charge is -2.32. The van der Waals surface area contributed by atoms with E-state index in [2.05, 4.69) is 36.1 Å². The van der Waals surface area contributed by atoms with Crippen LogP contribution in [-0.4, -0.2) is 50.1 Å². The summed E-state index contributed by atoms with van der Waals surface area (Å²) in [6, 6.07) is 5.97. The van der Waals surface area contributed by atoms with E-state index in [0.717, 1.165) is 39.0 Å². The van der Waals surface area contributed by atoms with Gasteiger partial charge in [0.15, 0.2) is 0 Å². The fourth-order valence-corrected chi connectivity index (χ4v) is 4.60. The van der Waals surface area contributed by atoms with Crippen molar-refractivity contribution in [1.82, 2.24) is 14.8 Å². The van der Waals surface area contributed by atoms with Crippen molar-refractivity contribution in [3.63, 3.8) is 0 Å². The molecule has 0 aromatic carbocycles. The summed E-state index contributed by atoms with van der Waals surface area (Å²) in [4.78, 5) is 16.3. The molecule has 3 N–H and O–H groups in total. The summed E-state index contributed by atoms with van der Waals surface area (Å²) >= 11 is 1.82. The van der Waals surface area contributed by atoms with Gasteiger partial charge in [0, 0.05) is 42.7 Å². The van der Waals surface area contributed by atoms with Crippen molar-refractivity contribution in [2.24, 2.45) is 0 Å². The van der Waals surface area contributed by atoms with E-state index in [1.54, 1.807) is 29.9 Å². The Hall–Kier alpha value is -2.29. The molecule has 1 saturated heterocycles. The minimum absolute atomic E-state index is 0.0576. The molecule has 1 aliphatic heterocycles. The van der Waals surface area contributed by atoms with Gasteiger partial charge in [-0.15, -0.1) is 11.3 Å². The van der Waals surface area contributed by atoms with E-state index in [0.29, 0.717) is 29.7 Å². The zero-order chi connectivity index (χ0) is 21.5. The Kier molecular flexibility index (Phi) is 7.96. The van der Waals surface area contributed by atoms with Crippen LogP contribution in [0.5, 0.6) is 0 Å². The van der Waals surface area contributed by atoms with E-state index in [4.69, 9.17) is 10.5 Å². The zero-order valence-corrected chi connectivity index (χ0v) is 18.7. The molecule has 0 saturated carbocycles. The number of rotatable bonds is 9. The van der Waals surface area contributed by atoms with Crippen molar-refractivity contribution >= 4 is 36.4 Å². The normalized spacial score (nSPS) is 16.0. The lowest BCUT2D eigenvalue weighted by molar-refractivity contribution is 0.190. The van der Waals surface area contributed by atoms with E-state index in [-0.39, 0.29) is 5.56 Å². The Morgan fingerprint density at radius 1 is 1.40 bits per heavy atom. The number of nitrogen functional groups attached to an aromatic ring is 1. The number of piperidine rings is 1. The Labute approximate surface area is 183 Å². The van der Waals surface area contributed by atoms with E-state index in [1.807, 2.05) is 11.3 Å². The summed E-state index contributed by atoms with van der Waals surface area (Å²) in [6.45, 7) is 8.15. The first-order chi connectivity index (χ1) is 14.5. The van der Waals surface area contributed by atoms with E-state index in [1.165, 1.54) is 16.4 Å². The average molecular weight is 426 g/mol. The molecule has 160 valence electrons. The molecule has 1 fully saturated rings. The summed E-state index contributed by atoms with van der Waals surface area (Å²) in [5.74, 6) is 0.578. The second kappa shape index (κ2) is 10.7. The Morgan fingerprint density at radius 2 is 2.17 bits per heavy atom. The Balaban J connectivity index is 1.55. The molecular weight excluding hydrogens is 395 g/mol. The topological polar surface area (TPSA) is 72.5 Å². The minimum Gasteiger partial charge on any atom is -0.497 e. The Bertz CT molecular complexity index is 945. The van der Waals surface area contributed by atoms with Crippen LogP contribution in [0, 0.1) is 0 Å².